The fraction of sp³-hybridized carbons (Fsp3) is 0.636. The largest absolute Gasteiger partial charge is 0.355 e. The van der Waals surface area contributed by atoms with Gasteiger partial charge in [0, 0.05) is 18.2 Å². The Morgan fingerprint density at radius 2 is 1.82 bits per heavy atom. The second-order valence-electron chi connectivity index (χ2n) is 8.49. The van der Waals surface area contributed by atoms with Gasteiger partial charge in [-0.05, 0) is 75.3 Å². The Labute approximate surface area is 174 Å². The zero-order valence-electron chi connectivity index (χ0n) is 17.1. The molecule has 5 nitrogen and oxygen atoms in total. The molecule has 0 heterocycles. The molecule has 0 saturated heterocycles. The van der Waals surface area contributed by atoms with E-state index in [1.165, 1.54) is 5.56 Å². The van der Waals surface area contributed by atoms with Crippen LogP contribution in [-0.2, 0) is 9.59 Å². The van der Waals surface area contributed by atoms with Gasteiger partial charge in [0.1, 0.15) is 0 Å². The topological polar surface area (TPSA) is 84.2 Å². The predicted molar refractivity (Wildman–Crippen MR) is 116 cm³/mol. The Morgan fingerprint density at radius 1 is 1.11 bits per heavy atom. The molecule has 156 valence electrons. The van der Waals surface area contributed by atoms with Crippen LogP contribution in [0.2, 0.25) is 0 Å². The van der Waals surface area contributed by atoms with E-state index in [9.17, 15) is 9.59 Å². The fourth-order valence-corrected chi connectivity index (χ4v) is 4.67. The SMILES string of the molecule is Cc1ccc(NC(=O)C2(CNC(=O)[C@@H]3CCC[C@@H]3CN)CCCC2)cc1C.Cl. The number of benzene rings is 1. The highest BCUT2D eigenvalue weighted by atomic mass is 35.5. The fourth-order valence-electron chi connectivity index (χ4n) is 4.67. The molecule has 2 fully saturated rings. The molecule has 0 bridgehead atoms. The summed E-state index contributed by atoms with van der Waals surface area (Å²) < 4.78 is 0. The third kappa shape index (κ3) is 4.87. The first-order chi connectivity index (χ1) is 12.9. The summed E-state index contributed by atoms with van der Waals surface area (Å²) in [7, 11) is 0. The second kappa shape index (κ2) is 9.75. The monoisotopic (exact) mass is 407 g/mol. The summed E-state index contributed by atoms with van der Waals surface area (Å²) in [6, 6.07) is 5.99. The number of aryl methyl sites for hydroxylation is 2. The quantitative estimate of drug-likeness (QED) is 0.671. The van der Waals surface area contributed by atoms with E-state index in [4.69, 9.17) is 5.73 Å². The molecule has 0 unspecified atom stereocenters. The molecule has 1 aromatic rings. The number of nitrogens with two attached hydrogens (primary N) is 1. The highest BCUT2D eigenvalue weighted by molar-refractivity contribution is 5.96. The van der Waals surface area contributed by atoms with Crippen LogP contribution in [0.15, 0.2) is 18.2 Å². The number of halogens is 1. The molecule has 0 aromatic heterocycles. The molecular formula is C22H34ClN3O2. The molecule has 2 aliphatic carbocycles. The molecule has 0 aliphatic heterocycles. The Hall–Kier alpha value is -1.59. The van der Waals surface area contributed by atoms with E-state index in [0.717, 1.165) is 56.2 Å². The van der Waals surface area contributed by atoms with Crippen molar-refractivity contribution in [3.05, 3.63) is 29.3 Å². The average molecular weight is 408 g/mol. The van der Waals surface area contributed by atoms with Crippen LogP contribution in [0, 0.1) is 31.1 Å². The molecule has 4 N–H and O–H groups in total. The number of nitrogens with one attached hydrogen (secondary N) is 2. The molecule has 3 rings (SSSR count). The van der Waals surface area contributed by atoms with Gasteiger partial charge in [-0.3, -0.25) is 9.59 Å². The van der Waals surface area contributed by atoms with Crippen molar-refractivity contribution < 1.29 is 9.59 Å². The first kappa shape index (κ1) is 22.7. The van der Waals surface area contributed by atoms with Crippen LogP contribution in [0.4, 0.5) is 5.69 Å². The molecule has 1 aromatic carbocycles. The molecule has 28 heavy (non-hydrogen) atoms. The van der Waals surface area contributed by atoms with E-state index < -0.39 is 5.41 Å². The minimum absolute atomic E-state index is 0. The molecule has 2 saturated carbocycles. The van der Waals surface area contributed by atoms with Gasteiger partial charge >= 0.3 is 0 Å². The highest BCUT2D eigenvalue weighted by Gasteiger charge is 2.42. The van der Waals surface area contributed by atoms with Crippen LogP contribution in [0.25, 0.3) is 0 Å². The summed E-state index contributed by atoms with van der Waals surface area (Å²) in [5.74, 6) is 0.406. The maximum Gasteiger partial charge on any atom is 0.232 e. The lowest BCUT2D eigenvalue weighted by molar-refractivity contribution is -0.128. The average Bonchev–Trinajstić information content (AvgIpc) is 3.32. The summed E-state index contributed by atoms with van der Waals surface area (Å²) in [4.78, 5) is 25.8. The number of hydrogen-bond donors (Lipinski definition) is 3. The Balaban J connectivity index is 0.00000280. The predicted octanol–water partition coefficient (Wildman–Crippen LogP) is 3.72. The Kier molecular flexibility index (Phi) is 7.90. The number of hydrogen-bond acceptors (Lipinski definition) is 3. The summed E-state index contributed by atoms with van der Waals surface area (Å²) in [5.41, 5.74) is 8.53. The van der Waals surface area contributed by atoms with Crippen LogP contribution in [-0.4, -0.2) is 24.9 Å². The van der Waals surface area contributed by atoms with Gasteiger partial charge in [-0.1, -0.05) is 25.3 Å². The number of amides is 2. The van der Waals surface area contributed by atoms with E-state index in [-0.39, 0.29) is 36.1 Å². The third-order valence-electron chi connectivity index (χ3n) is 6.71. The van der Waals surface area contributed by atoms with E-state index in [2.05, 4.69) is 17.6 Å². The number of carbonyl (C=O) groups is 2. The van der Waals surface area contributed by atoms with Crippen LogP contribution in [0.1, 0.15) is 56.1 Å². The minimum atomic E-state index is -0.495. The Morgan fingerprint density at radius 3 is 2.46 bits per heavy atom. The summed E-state index contributed by atoms with van der Waals surface area (Å²) in [6.07, 6.45) is 6.74. The standard InChI is InChI=1S/C22H33N3O2.ClH/c1-15-8-9-18(12-16(15)2)25-21(27)22(10-3-4-11-22)14-24-20(26)19-7-5-6-17(19)13-23;/h8-9,12,17,19H,3-7,10-11,13-14,23H2,1-2H3,(H,24,26)(H,25,27);1H/t17-,19-;/m1./s1. The van der Waals surface area contributed by atoms with Gasteiger partial charge in [0.2, 0.25) is 11.8 Å². The maximum absolute atomic E-state index is 13.1. The molecule has 0 spiro atoms. The van der Waals surface area contributed by atoms with Crippen molar-refractivity contribution in [2.24, 2.45) is 23.0 Å². The third-order valence-corrected chi connectivity index (χ3v) is 6.71. The van der Waals surface area contributed by atoms with Gasteiger partial charge in [-0.2, -0.15) is 0 Å². The molecule has 2 aliphatic rings. The van der Waals surface area contributed by atoms with Crippen LogP contribution < -0.4 is 16.4 Å². The molecule has 2 atom stereocenters. The minimum Gasteiger partial charge on any atom is -0.355 e. The lowest BCUT2D eigenvalue weighted by Gasteiger charge is -2.29. The Bertz CT molecular complexity index is 701. The molecule has 2 amide bonds. The first-order valence-electron chi connectivity index (χ1n) is 10.3. The second-order valence-corrected chi connectivity index (χ2v) is 8.49. The van der Waals surface area contributed by atoms with Crippen LogP contribution in [0.3, 0.4) is 0 Å². The van der Waals surface area contributed by atoms with E-state index in [0.29, 0.717) is 13.1 Å². The first-order valence-corrected chi connectivity index (χ1v) is 10.3. The maximum atomic E-state index is 13.1. The lowest BCUT2D eigenvalue weighted by Crippen LogP contribution is -2.46. The van der Waals surface area contributed by atoms with Crippen molar-refractivity contribution in [2.75, 3.05) is 18.4 Å². The summed E-state index contributed by atoms with van der Waals surface area (Å²) >= 11 is 0. The van der Waals surface area contributed by atoms with E-state index >= 15 is 0 Å². The highest BCUT2D eigenvalue weighted by Crippen LogP contribution is 2.39. The van der Waals surface area contributed by atoms with E-state index in [1.807, 2.05) is 25.1 Å². The number of anilines is 1. The number of rotatable bonds is 6. The summed E-state index contributed by atoms with van der Waals surface area (Å²) in [6.45, 7) is 5.10. The van der Waals surface area contributed by atoms with Gasteiger partial charge in [0.25, 0.3) is 0 Å². The van der Waals surface area contributed by atoms with Crippen molar-refractivity contribution in [2.45, 2.75) is 58.8 Å². The van der Waals surface area contributed by atoms with Crippen molar-refractivity contribution in [3.63, 3.8) is 0 Å². The van der Waals surface area contributed by atoms with Crippen LogP contribution >= 0.6 is 12.4 Å². The van der Waals surface area contributed by atoms with Gasteiger partial charge in [-0.15, -0.1) is 12.4 Å². The lowest BCUT2D eigenvalue weighted by atomic mass is 9.84. The summed E-state index contributed by atoms with van der Waals surface area (Å²) in [5, 5.41) is 6.20. The van der Waals surface area contributed by atoms with Crippen molar-refractivity contribution in [1.82, 2.24) is 5.32 Å². The van der Waals surface area contributed by atoms with Crippen molar-refractivity contribution in [3.8, 4) is 0 Å². The van der Waals surface area contributed by atoms with Crippen molar-refractivity contribution in [1.29, 1.82) is 0 Å². The van der Waals surface area contributed by atoms with Gasteiger partial charge in [-0.25, -0.2) is 0 Å². The zero-order chi connectivity index (χ0) is 19.4. The normalized spacial score (nSPS) is 23.1. The van der Waals surface area contributed by atoms with Gasteiger partial charge in [0.05, 0.1) is 5.41 Å². The van der Waals surface area contributed by atoms with E-state index in [1.54, 1.807) is 0 Å². The van der Waals surface area contributed by atoms with Crippen molar-refractivity contribution >= 4 is 29.9 Å². The number of carbonyl (C=O) groups excluding carboxylic acids is 2. The molecule has 0 radical (unpaired) electrons. The van der Waals surface area contributed by atoms with Gasteiger partial charge in [0.15, 0.2) is 0 Å². The molecular weight excluding hydrogens is 374 g/mol. The zero-order valence-corrected chi connectivity index (χ0v) is 17.9. The molecule has 6 heteroatoms. The smallest absolute Gasteiger partial charge is 0.232 e. The van der Waals surface area contributed by atoms with Crippen LogP contribution in [0.5, 0.6) is 0 Å². The van der Waals surface area contributed by atoms with Gasteiger partial charge < -0.3 is 16.4 Å².